The molecule has 0 aromatic rings. The first-order chi connectivity index (χ1) is 7.58. The van der Waals surface area contributed by atoms with Crippen LogP contribution in [0, 0.1) is 0 Å². The molecule has 1 N–H and O–H groups in total. The average molecular weight is 252 g/mol. The molecule has 0 fully saturated rings. The Morgan fingerprint density at radius 2 is 1.94 bits per heavy atom. The molecule has 0 rings (SSSR count). The topological polar surface area (TPSA) is 65.0 Å². The van der Waals surface area contributed by atoms with Gasteiger partial charge in [-0.3, -0.25) is 4.57 Å². The number of aliphatic hydroxyl groups excluding tert-OH is 1. The Balaban J connectivity index is 4.06. The molecular formula is C10H21O5P. The van der Waals surface area contributed by atoms with Crippen LogP contribution in [0.3, 0.4) is 0 Å². The monoisotopic (exact) mass is 252 g/mol. The lowest BCUT2D eigenvalue weighted by Gasteiger charge is -2.19. The van der Waals surface area contributed by atoms with Gasteiger partial charge in [0, 0.05) is 0 Å². The second-order valence-corrected chi connectivity index (χ2v) is 5.21. The first kappa shape index (κ1) is 15.8. The smallest absolute Gasteiger partial charge is 0.333 e. The number of hydrogen-bond donors (Lipinski definition) is 1. The van der Waals surface area contributed by atoms with Gasteiger partial charge >= 0.3 is 7.60 Å². The van der Waals surface area contributed by atoms with E-state index in [4.69, 9.17) is 13.8 Å². The normalized spacial score (nSPS) is 13.7. The molecule has 0 spiro atoms. The van der Waals surface area contributed by atoms with E-state index in [0.29, 0.717) is 6.61 Å². The zero-order valence-electron chi connectivity index (χ0n) is 9.92. The molecule has 6 heteroatoms. The Morgan fingerprint density at radius 3 is 2.38 bits per heavy atom. The van der Waals surface area contributed by atoms with Crippen molar-refractivity contribution in [2.24, 2.45) is 0 Å². The summed E-state index contributed by atoms with van der Waals surface area (Å²) in [7, 11) is -3.18. The lowest BCUT2D eigenvalue weighted by molar-refractivity contribution is 0.0569. The molecule has 0 aliphatic rings. The van der Waals surface area contributed by atoms with Gasteiger partial charge in [-0.15, -0.1) is 6.58 Å². The predicted molar refractivity (Wildman–Crippen MR) is 62.7 cm³/mol. The Hall–Kier alpha value is -0.190. The molecule has 1 atom stereocenters. The van der Waals surface area contributed by atoms with Crippen LogP contribution in [0.4, 0.5) is 0 Å². The van der Waals surface area contributed by atoms with Gasteiger partial charge in [0.05, 0.1) is 38.7 Å². The Labute approximate surface area is 96.9 Å². The zero-order valence-corrected chi connectivity index (χ0v) is 10.8. The summed E-state index contributed by atoms with van der Waals surface area (Å²) in [5.41, 5.74) is 0. The van der Waals surface area contributed by atoms with Crippen LogP contribution in [0.15, 0.2) is 12.7 Å². The highest BCUT2D eigenvalue weighted by Crippen LogP contribution is 2.48. The summed E-state index contributed by atoms with van der Waals surface area (Å²) in [5.74, 6) is 0. The lowest BCUT2D eigenvalue weighted by atomic mass is 10.4. The molecule has 0 amide bonds. The molecule has 0 heterocycles. The summed E-state index contributed by atoms with van der Waals surface area (Å²) in [4.78, 5) is 0. The van der Waals surface area contributed by atoms with Crippen molar-refractivity contribution in [2.45, 2.75) is 20.0 Å². The van der Waals surface area contributed by atoms with Crippen LogP contribution in [0.1, 0.15) is 13.8 Å². The van der Waals surface area contributed by atoms with Gasteiger partial charge in [-0.2, -0.15) is 0 Å². The molecule has 1 unspecified atom stereocenters. The highest BCUT2D eigenvalue weighted by Gasteiger charge is 2.27. The fourth-order valence-corrected chi connectivity index (χ4v) is 2.83. The number of hydrogen-bond acceptors (Lipinski definition) is 5. The van der Waals surface area contributed by atoms with Crippen molar-refractivity contribution in [3.8, 4) is 0 Å². The van der Waals surface area contributed by atoms with E-state index < -0.39 is 13.7 Å². The third-order valence-electron chi connectivity index (χ3n) is 1.63. The van der Waals surface area contributed by atoms with Gasteiger partial charge < -0.3 is 18.9 Å². The average Bonchev–Trinajstić information content (AvgIpc) is 2.18. The largest absolute Gasteiger partial charge is 0.390 e. The maximum absolute atomic E-state index is 12.0. The number of aliphatic hydroxyl groups is 1. The predicted octanol–water partition coefficient (Wildman–Crippen LogP) is 1.82. The second kappa shape index (κ2) is 8.90. The van der Waals surface area contributed by atoms with Gasteiger partial charge in [-0.25, -0.2) is 0 Å². The van der Waals surface area contributed by atoms with Gasteiger partial charge in [0.25, 0.3) is 0 Å². The number of ether oxygens (including phenoxy) is 1. The van der Waals surface area contributed by atoms with Crippen LogP contribution in [-0.4, -0.2) is 43.8 Å². The van der Waals surface area contributed by atoms with E-state index in [2.05, 4.69) is 6.58 Å². The van der Waals surface area contributed by atoms with Crippen molar-refractivity contribution >= 4 is 7.60 Å². The third-order valence-corrected chi connectivity index (χ3v) is 3.80. The summed E-state index contributed by atoms with van der Waals surface area (Å²) < 4.78 is 27.1. The van der Waals surface area contributed by atoms with E-state index >= 15 is 0 Å². The van der Waals surface area contributed by atoms with Crippen LogP contribution in [0.25, 0.3) is 0 Å². The molecule has 0 saturated carbocycles. The molecule has 96 valence electrons. The molecular weight excluding hydrogens is 231 g/mol. The van der Waals surface area contributed by atoms with Crippen molar-refractivity contribution < 1.29 is 23.5 Å². The van der Waals surface area contributed by atoms with Crippen molar-refractivity contribution in [3.63, 3.8) is 0 Å². The maximum atomic E-state index is 12.0. The summed E-state index contributed by atoms with van der Waals surface area (Å²) in [6.07, 6.45) is 0.673. The van der Waals surface area contributed by atoms with Crippen molar-refractivity contribution in [1.82, 2.24) is 0 Å². The van der Waals surface area contributed by atoms with E-state index in [1.807, 2.05) is 0 Å². The lowest BCUT2D eigenvalue weighted by Crippen LogP contribution is -2.21. The summed E-state index contributed by atoms with van der Waals surface area (Å²) in [6.45, 7) is 7.96. The first-order valence-electron chi connectivity index (χ1n) is 5.32. The summed E-state index contributed by atoms with van der Waals surface area (Å²) >= 11 is 0. The third kappa shape index (κ3) is 7.14. The first-order valence-corrected chi connectivity index (χ1v) is 7.05. The Kier molecular flexibility index (Phi) is 8.80. The highest BCUT2D eigenvalue weighted by molar-refractivity contribution is 7.53. The van der Waals surface area contributed by atoms with E-state index in [0.717, 1.165) is 0 Å². The van der Waals surface area contributed by atoms with Crippen molar-refractivity contribution in [3.05, 3.63) is 12.7 Å². The summed E-state index contributed by atoms with van der Waals surface area (Å²) in [6, 6.07) is 0. The van der Waals surface area contributed by atoms with Gasteiger partial charge in [0.1, 0.15) is 0 Å². The quantitative estimate of drug-likeness (QED) is 0.365. The molecule has 5 nitrogen and oxygen atoms in total. The molecule has 0 saturated heterocycles. The summed E-state index contributed by atoms with van der Waals surface area (Å²) in [5, 5.41) is 9.57. The highest BCUT2D eigenvalue weighted by atomic mass is 31.2. The van der Waals surface area contributed by atoms with Crippen LogP contribution in [-0.2, 0) is 18.3 Å². The minimum atomic E-state index is -3.18. The molecule has 0 aromatic heterocycles. The molecule has 0 bridgehead atoms. The van der Waals surface area contributed by atoms with Crippen LogP contribution in [0.2, 0.25) is 0 Å². The van der Waals surface area contributed by atoms with Crippen LogP contribution in [0.5, 0.6) is 0 Å². The van der Waals surface area contributed by atoms with E-state index in [1.165, 1.54) is 0 Å². The SMILES string of the molecule is C=CCOCC(O)CP(=O)(OCC)OCC. The number of rotatable bonds is 10. The molecule has 0 aliphatic carbocycles. The fraction of sp³-hybridized carbons (Fsp3) is 0.800. The Bertz CT molecular complexity index is 221. The van der Waals surface area contributed by atoms with E-state index in [-0.39, 0.29) is 26.0 Å². The van der Waals surface area contributed by atoms with Crippen molar-refractivity contribution in [2.75, 3.05) is 32.6 Å². The fourth-order valence-electron chi connectivity index (χ4n) is 1.13. The van der Waals surface area contributed by atoms with Crippen molar-refractivity contribution in [1.29, 1.82) is 0 Å². The van der Waals surface area contributed by atoms with Gasteiger partial charge in [0.2, 0.25) is 0 Å². The van der Waals surface area contributed by atoms with Gasteiger partial charge in [0.15, 0.2) is 0 Å². The minimum absolute atomic E-state index is 0.0498. The second-order valence-electron chi connectivity index (χ2n) is 3.11. The van der Waals surface area contributed by atoms with E-state index in [1.54, 1.807) is 19.9 Å². The minimum Gasteiger partial charge on any atom is -0.390 e. The van der Waals surface area contributed by atoms with E-state index in [9.17, 15) is 9.67 Å². The zero-order chi connectivity index (χ0) is 12.4. The molecule has 16 heavy (non-hydrogen) atoms. The Morgan fingerprint density at radius 1 is 1.38 bits per heavy atom. The standard InChI is InChI=1S/C10H21O5P/c1-4-7-13-8-10(11)9-16(12,14-5-2)15-6-3/h4,10-11H,1,5-9H2,2-3H3. The van der Waals surface area contributed by atoms with Crippen LogP contribution < -0.4 is 0 Å². The molecule has 0 radical (unpaired) electrons. The maximum Gasteiger partial charge on any atom is 0.333 e. The molecule has 0 aliphatic heterocycles. The van der Waals surface area contributed by atoms with Gasteiger partial charge in [-0.05, 0) is 13.8 Å². The van der Waals surface area contributed by atoms with Crippen LogP contribution >= 0.6 is 7.60 Å². The van der Waals surface area contributed by atoms with Gasteiger partial charge in [-0.1, -0.05) is 6.08 Å². The molecule has 0 aromatic carbocycles.